The zero-order valence-electron chi connectivity index (χ0n) is 9.93. The average Bonchev–Trinajstić information content (AvgIpc) is 2.69. The van der Waals surface area contributed by atoms with E-state index >= 15 is 0 Å². The molecule has 0 amide bonds. The number of thioether (sulfide) groups is 1. The summed E-state index contributed by atoms with van der Waals surface area (Å²) in [5.74, 6) is 0.571. The van der Waals surface area contributed by atoms with Gasteiger partial charge in [0.05, 0.1) is 12.7 Å². The average molecular weight is 251 g/mol. The minimum absolute atomic E-state index is 0.571. The fourth-order valence-electron chi connectivity index (χ4n) is 3.04. The van der Waals surface area contributed by atoms with Crippen LogP contribution in [0.3, 0.4) is 0 Å². The Bertz CT molecular complexity index is 412. The number of aliphatic hydroxyl groups is 1. The summed E-state index contributed by atoms with van der Waals surface area (Å²) in [7, 11) is 1.61. The minimum Gasteiger partial charge on any atom is -0.481 e. The standard InChI is InChI=1S/C13H17NO2S/c1-16-12-11(3-2-6-14-12)13(15)7-9-4-5-10(8-13)17-9/h2-3,6,9-10,15H,4-5,7-8H2,1H3. The Kier molecular flexibility index (Phi) is 2.79. The topological polar surface area (TPSA) is 42.4 Å². The van der Waals surface area contributed by atoms with Crippen LogP contribution in [0.5, 0.6) is 5.88 Å². The van der Waals surface area contributed by atoms with Gasteiger partial charge in [0.1, 0.15) is 0 Å². The van der Waals surface area contributed by atoms with Gasteiger partial charge in [-0.3, -0.25) is 0 Å². The molecule has 3 rings (SSSR count). The smallest absolute Gasteiger partial charge is 0.219 e. The van der Waals surface area contributed by atoms with Gasteiger partial charge in [-0.15, -0.1) is 0 Å². The molecule has 3 heterocycles. The Labute approximate surface area is 106 Å². The molecule has 2 fully saturated rings. The molecule has 17 heavy (non-hydrogen) atoms. The molecule has 92 valence electrons. The summed E-state index contributed by atoms with van der Waals surface area (Å²) in [6, 6.07) is 3.82. The van der Waals surface area contributed by atoms with Gasteiger partial charge in [-0.25, -0.2) is 4.98 Å². The van der Waals surface area contributed by atoms with Crippen molar-refractivity contribution in [3.8, 4) is 5.88 Å². The van der Waals surface area contributed by atoms with Crippen molar-refractivity contribution in [3.63, 3.8) is 0 Å². The summed E-state index contributed by atoms with van der Waals surface area (Å²) in [5, 5.41) is 12.1. The third-order valence-corrected chi connectivity index (χ3v) is 5.37. The molecule has 1 aromatic rings. The van der Waals surface area contributed by atoms with E-state index in [1.807, 2.05) is 23.9 Å². The van der Waals surface area contributed by atoms with Crippen molar-refractivity contribution in [3.05, 3.63) is 23.9 Å². The number of nitrogens with zero attached hydrogens (tertiary/aromatic N) is 1. The number of rotatable bonds is 2. The lowest BCUT2D eigenvalue weighted by molar-refractivity contribution is 0.0169. The molecule has 0 spiro atoms. The van der Waals surface area contributed by atoms with Gasteiger partial charge in [-0.2, -0.15) is 11.8 Å². The second kappa shape index (κ2) is 4.18. The maximum absolute atomic E-state index is 10.9. The van der Waals surface area contributed by atoms with Gasteiger partial charge in [0.2, 0.25) is 5.88 Å². The second-order valence-corrected chi connectivity index (χ2v) is 6.56. The lowest BCUT2D eigenvalue weighted by Gasteiger charge is -2.36. The summed E-state index contributed by atoms with van der Waals surface area (Å²) >= 11 is 2.04. The van der Waals surface area contributed by atoms with Crippen LogP contribution in [0.15, 0.2) is 18.3 Å². The van der Waals surface area contributed by atoms with Crippen LogP contribution in [0.2, 0.25) is 0 Å². The molecule has 3 nitrogen and oxygen atoms in total. The molecule has 2 atom stereocenters. The predicted molar refractivity (Wildman–Crippen MR) is 68.3 cm³/mol. The van der Waals surface area contributed by atoms with Crippen molar-refractivity contribution in [2.24, 2.45) is 0 Å². The van der Waals surface area contributed by atoms with E-state index in [-0.39, 0.29) is 0 Å². The molecule has 2 aliphatic heterocycles. The van der Waals surface area contributed by atoms with E-state index in [1.165, 1.54) is 12.8 Å². The SMILES string of the molecule is COc1ncccc1C1(O)CC2CCC(C1)S2. The van der Waals surface area contributed by atoms with E-state index in [0.717, 1.165) is 18.4 Å². The Morgan fingerprint density at radius 1 is 1.41 bits per heavy atom. The highest BCUT2D eigenvalue weighted by Gasteiger charge is 2.45. The number of pyridine rings is 1. The van der Waals surface area contributed by atoms with Crippen molar-refractivity contribution in [1.29, 1.82) is 0 Å². The number of hydrogen-bond donors (Lipinski definition) is 1. The van der Waals surface area contributed by atoms with Crippen LogP contribution in [0.1, 0.15) is 31.2 Å². The number of hydrogen-bond acceptors (Lipinski definition) is 4. The molecular formula is C13H17NO2S. The second-order valence-electron chi connectivity index (χ2n) is 4.96. The van der Waals surface area contributed by atoms with E-state index in [9.17, 15) is 5.11 Å². The molecule has 0 aliphatic carbocycles. The third-order valence-electron chi connectivity index (χ3n) is 3.79. The fourth-order valence-corrected chi connectivity index (χ4v) is 4.88. The van der Waals surface area contributed by atoms with E-state index in [4.69, 9.17) is 4.74 Å². The molecule has 1 N–H and O–H groups in total. The molecule has 2 bridgehead atoms. The molecule has 0 aromatic carbocycles. The largest absolute Gasteiger partial charge is 0.481 e. The van der Waals surface area contributed by atoms with Gasteiger partial charge in [-0.05, 0) is 37.8 Å². The number of aromatic nitrogens is 1. The van der Waals surface area contributed by atoms with Crippen LogP contribution in [0.25, 0.3) is 0 Å². The molecule has 2 saturated heterocycles. The van der Waals surface area contributed by atoms with Crippen LogP contribution < -0.4 is 4.74 Å². The molecule has 0 saturated carbocycles. The molecular weight excluding hydrogens is 234 g/mol. The van der Waals surface area contributed by atoms with Gasteiger partial charge in [0.25, 0.3) is 0 Å². The molecule has 1 aromatic heterocycles. The molecule has 2 aliphatic rings. The quantitative estimate of drug-likeness (QED) is 0.876. The first-order valence-corrected chi connectivity index (χ1v) is 7.03. The zero-order valence-corrected chi connectivity index (χ0v) is 10.7. The van der Waals surface area contributed by atoms with Crippen LogP contribution in [-0.4, -0.2) is 27.7 Å². The Morgan fingerprint density at radius 2 is 2.12 bits per heavy atom. The molecule has 0 radical (unpaired) electrons. The van der Waals surface area contributed by atoms with E-state index < -0.39 is 5.60 Å². The van der Waals surface area contributed by atoms with Gasteiger partial charge < -0.3 is 9.84 Å². The number of methoxy groups -OCH3 is 1. The van der Waals surface area contributed by atoms with Gasteiger partial charge >= 0.3 is 0 Å². The summed E-state index contributed by atoms with van der Waals surface area (Å²) in [4.78, 5) is 4.20. The first-order chi connectivity index (χ1) is 8.21. The Balaban J connectivity index is 1.96. The van der Waals surface area contributed by atoms with Crippen molar-refractivity contribution >= 4 is 11.8 Å². The van der Waals surface area contributed by atoms with Gasteiger partial charge in [0.15, 0.2) is 0 Å². The van der Waals surface area contributed by atoms with Crippen molar-refractivity contribution in [2.45, 2.75) is 41.8 Å². The van der Waals surface area contributed by atoms with Crippen LogP contribution >= 0.6 is 11.8 Å². The lowest BCUT2D eigenvalue weighted by atomic mass is 9.86. The van der Waals surface area contributed by atoms with Crippen LogP contribution in [0, 0.1) is 0 Å². The highest BCUT2D eigenvalue weighted by molar-refractivity contribution is 8.00. The molecule has 4 heteroatoms. The maximum atomic E-state index is 10.9. The van der Waals surface area contributed by atoms with Crippen molar-refractivity contribution in [2.75, 3.05) is 7.11 Å². The minimum atomic E-state index is -0.739. The van der Waals surface area contributed by atoms with Crippen molar-refractivity contribution < 1.29 is 9.84 Å². The van der Waals surface area contributed by atoms with Crippen molar-refractivity contribution in [1.82, 2.24) is 4.98 Å². The zero-order chi connectivity index (χ0) is 11.9. The van der Waals surface area contributed by atoms with Crippen LogP contribution in [0.4, 0.5) is 0 Å². The predicted octanol–water partition coefficient (Wildman–Crippen LogP) is 2.34. The highest BCUT2D eigenvalue weighted by Crippen LogP contribution is 2.52. The van der Waals surface area contributed by atoms with Gasteiger partial charge in [-0.1, -0.05) is 0 Å². The number of ether oxygens (including phenoxy) is 1. The normalized spacial score (nSPS) is 35.9. The van der Waals surface area contributed by atoms with E-state index in [2.05, 4.69) is 4.98 Å². The monoisotopic (exact) mass is 251 g/mol. The summed E-state index contributed by atoms with van der Waals surface area (Å²) in [6.45, 7) is 0. The maximum Gasteiger partial charge on any atom is 0.219 e. The van der Waals surface area contributed by atoms with Gasteiger partial charge in [0, 0.05) is 22.3 Å². The summed E-state index contributed by atoms with van der Waals surface area (Å²) in [6.07, 6.45) is 5.84. The van der Waals surface area contributed by atoms with Crippen LogP contribution in [-0.2, 0) is 5.60 Å². The summed E-state index contributed by atoms with van der Waals surface area (Å²) < 4.78 is 5.28. The highest BCUT2D eigenvalue weighted by atomic mass is 32.2. The Morgan fingerprint density at radius 3 is 2.76 bits per heavy atom. The summed E-state index contributed by atoms with van der Waals surface area (Å²) in [5.41, 5.74) is 0.121. The third kappa shape index (κ3) is 1.93. The van der Waals surface area contributed by atoms with E-state index in [1.54, 1.807) is 13.3 Å². The fraction of sp³-hybridized carbons (Fsp3) is 0.615. The lowest BCUT2D eigenvalue weighted by Crippen LogP contribution is -2.35. The first-order valence-electron chi connectivity index (χ1n) is 6.08. The first kappa shape index (κ1) is 11.4. The Hall–Kier alpha value is -0.740. The molecule has 2 unspecified atom stereocenters. The number of fused-ring (bicyclic) bond motifs is 2. The van der Waals surface area contributed by atoms with E-state index in [0.29, 0.717) is 16.4 Å².